The molecule has 0 saturated heterocycles. The van der Waals surface area contributed by atoms with Crippen LogP contribution in [0.5, 0.6) is 0 Å². The summed E-state index contributed by atoms with van der Waals surface area (Å²) in [6.45, 7) is 0. The fraction of sp³-hybridized carbons (Fsp3) is 0.276. The average Bonchev–Trinajstić information content (AvgIpc) is 3.93. The van der Waals surface area contributed by atoms with Crippen molar-refractivity contribution in [1.82, 2.24) is 0 Å². The second-order valence-corrected chi connectivity index (χ2v) is 19.2. The van der Waals surface area contributed by atoms with Gasteiger partial charge in [-0.1, -0.05) is 153 Å². The minimum atomic E-state index is 0.112. The molecule has 7 aromatic carbocycles. The summed E-state index contributed by atoms with van der Waals surface area (Å²) in [5.74, 6) is 3.27. The van der Waals surface area contributed by atoms with Gasteiger partial charge in [0.25, 0.3) is 0 Å². The van der Waals surface area contributed by atoms with Crippen LogP contribution < -0.4 is 4.90 Å². The van der Waals surface area contributed by atoms with E-state index in [1.54, 1.807) is 22.3 Å². The Morgan fingerprint density at radius 2 is 1.00 bits per heavy atom. The molecule has 7 aliphatic rings. The van der Waals surface area contributed by atoms with E-state index in [9.17, 15) is 0 Å². The lowest BCUT2D eigenvalue weighted by Gasteiger charge is -2.53. The molecule has 0 amide bonds. The molecule has 2 spiro atoms. The Bertz CT molecular complexity index is 2740. The van der Waals surface area contributed by atoms with Crippen molar-refractivity contribution >= 4 is 17.1 Å². The van der Waals surface area contributed by atoms with Crippen LogP contribution >= 0.6 is 0 Å². The van der Waals surface area contributed by atoms with Gasteiger partial charge < -0.3 is 4.90 Å². The minimum absolute atomic E-state index is 0.112. The monoisotopic (exact) mass is 761 g/mol. The molecular formula is C58H51N. The molecule has 4 bridgehead atoms. The zero-order valence-electron chi connectivity index (χ0n) is 33.9. The predicted octanol–water partition coefficient (Wildman–Crippen LogP) is 15.4. The zero-order valence-corrected chi connectivity index (χ0v) is 33.9. The number of anilines is 3. The first-order chi connectivity index (χ1) is 29.2. The molecule has 288 valence electrons. The second-order valence-electron chi connectivity index (χ2n) is 19.2. The summed E-state index contributed by atoms with van der Waals surface area (Å²) in [7, 11) is 0. The summed E-state index contributed by atoms with van der Waals surface area (Å²) in [6.07, 6.45) is 13.6. The van der Waals surface area contributed by atoms with Crippen LogP contribution in [-0.2, 0) is 10.8 Å². The van der Waals surface area contributed by atoms with Crippen LogP contribution in [0.25, 0.3) is 44.5 Å². The van der Waals surface area contributed by atoms with Gasteiger partial charge in [0.05, 0.1) is 5.69 Å². The van der Waals surface area contributed by atoms with E-state index < -0.39 is 0 Å². The molecule has 7 aromatic rings. The van der Waals surface area contributed by atoms with Crippen molar-refractivity contribution in [3.05, 3.63) is 186 Å². The largest absolute Gasteiger partial charge is 0.310 e. The van der Waals surface area contributed by atoms with E-state index in [-0.39, 0.29) is 10.8 Å². The van der Waals surface area contributed by atoms with Gasteiger partial charge in [-0.05, 0) is 160 Å². The maximum atomic E-state index is 2.63. The maximum Gasteiger partial charge on any atom is 0.0543 e. The van der Waals surface area contributed by atoms with Crippen molar-refractivity contribution in [2.24, 2.45) is 23.7 Å². The van der Waals surface area contributed by atoms with Crippen LogP contribution in [0.3, 0.4) is 0 Å². The molecular weight excluding hydrogens is 711 g/mol. The normalized spacial score (nSPS) is 24.8. The predicted molar refractivity (Wildman–Crippen MR) is 245 cm³/mol. The van der Waals surface area contributed by atoms with E-state index in [2.05, 4.69) is 169 Å². The molecule has 5 fully saturated rings. The van der Waals surface area contributed by atoms with Gasteiger partial charge in [-0.3, -0.25) is 0 Å². The molecule has 0 N–H and O–H groups in total. The van der Waals surface area contributed by atoms with E-state index in [0.29, 0.717) is 0 Å². The molecule has 5 atom stereocenters. The number of rotatable bonds is 5. The summed E-state index contributed by atoms with van der Waals surface area (Å²) >= 11 is 0. The minimum Gasteiger partial charge on any atom is -0.310 e. The third-order valence-corrected chi connectivity index (χ3v) is 16.5. The maximum absolute atomic E-state index is 2.63. The molecule has 0 aliphatic heterocycles. The Hall–Kier alpha value is -5.66. The Morgan fingerprint density at radius 3 is 1.78 bits per heavy atom. The van der Waals surface area contributed by atoms with Crippen molar-refractivity contribution < 1.29 is 0 Å². The number of hydrogen-bond acceptors (Lipinski definition) is 1. The fourth-order valence-electron chi connectivity index (χ4n) is 14.3. The van der Waals surface area contributed by atoms with Crippen LogP contribution in [-0.4, -0.2) is 0 Å². The van der Waals surface area contributed by atoms with Crippen LogP contribution in [0.1, 0.15) is 86.5 Å². The Morgan fingerprint density at radius 1 is 0.407 bits per heavy atom. The first kappa shape index (κ1) is 34.2. The van der Waals surface area contributed by atoms with Crippen LogP contribution in [0.4, 0.5) is 17.1 Å². The topological polar surface area (TPSA) is 3.24 Å². The van der Waals surface area contributed by atoms with Crippen LogP contribution in [0.15, 0.2) is 164 Å². The highest BCUT2D eigenvalue weighted by Crippen LogP contribution is 2.69. The summed E-state index contributed by atoms with van der Waals surface area (Å²) in [4.78, 5) is 2.63. The summed E-state index contributed by atoms with van der Waals surface area (Å²) in [5.41, 5.74) is 21.2. The quantitative estimate of drug-likeness (QED) is 0.169. The fourth-order valence-corrected chi connectivity index (χ4v) is 14.3. The molecule has 0 radical (unpaired) electrons. The standard InChI is InChI=1S/C58H51N/c1-2-11-40(12-3-1)41-20-22-42(23-21-41)43-24-27-46(28-25-43)59(47-29-30-52-50(37-47)48-13-4-6-15-51(48)57(52)31-8-9-32-57)55-18-10-17-54-56(55)49-14-5-7-16-53(49)58(54)44-26-19-38-33-39(35-44)36-45(58)34-38/h1-7,10-18,20-25,27-30,37-39,44-45H,8-9,19,26,31-36H2. The van der Waals surface area contributed by atoms with Gasteiger partial charge in [0.1, 0.15) is 0 Å². The lowest BCUT2D eigenvalue weighted by molar-refractivity contribution is 0.0618. The van der Waals surface area contributed by atoms with E-state index in [1.165, 1.54) is 126 Å². The molecule has 59 heavy (non-hydrogen) atoms. The van der Waals surface area contributed by atoms with Crippen LogP contribution in [0, 0.1) is 23.7 Å². The Balaban J connectivity index is 0.992. The van der Waals surface area contributed by atoms with Crippen molar-refractivity contribution in [3.8, 4) is 44.5 Å². The molecule has 0 heterocycles. The molecule has 1 nitrogen and oxygen atoms in total. The van der Waals surface area contributed by atoms with E-state index in [1.807, 2.05) is 0 Å². The SMILES string of the molecule is c1ccc(-c2ccc(-c3ccc(N(c4ccc5c(c4)-c4ccccc4C54CCCC4)c4cccc5c4-c4ccccc4C54C5CCC6CC(C5)CC4C6)cc3)cc2)cc1. The molecule has 5 unspecified atom stereocenters. The lowest BCUT2D eigenvalue weighted by Crippen LogP contribution is -2.48. The van der Waals surface area contributed by atoms with Crippen molar-refractivity contribution in [2.75, 3.05) is 4.90 Å². The first-order valence-electron chi connectivity index (χ1n) is 22.7. The Labute approximate surface area is 349 Å². The number of benzene rings is 7. The van der Waals surface area contributed by atoms with Gasteiger partial charge in [-0.15, -0.1) is 0 Å². The molecule has 14 rings (SSSR count). The third kappa shape index (κ3) is 4.85. The molecule has 5 saturated carbocycles. The summed E-state index contributed by atoms with van der Waals surface area (Å²) in [6, 6.07) is 63.2. The highest BCUT2D eigenvalue weighted by molar-refractivity contribution is 5.97. The highest BCUT2D eigenvalue weighted by Gasteiger charge is 2.60. The molecule has 0 aromatic heterocycles. The number of nitrogens with zero attached hydrogens (tertiary/aromatic N) is 1. The van der Waals surface area contributed by atoms with Crippen LogP contribution in [0.2, 0.25) is 0 Å². The van der Waals surface area contributed by atoms with Crippen molar-refractivity contribution in [3.63, 3.8) is 0 Å². The number of hydrogen-bond donors (Lipinski definition) is 0. The highest BCUT2D eigenvalue weighted by atomic mass is 15.1. The molecule has 1 heteroatoms. The zero-order chi connectivity index (χ0) is 38.7. The van der Waals surface area contributed by atoms with Gasteiger partial charge in [-0.2, -0.15) is 0 Å². The van der Waals surface area contributed by atoms with E-state index in [0.717, 1.165) is 23.7 Å². The van der Waals surface area contributed by atoms with Gasteiger partial charge in [-0.25, -0.2) is 0 Å². The van der Waals surface area contributed by atoms with Crippen molar-refractivity contribution in [2.45, 2.75) is 75.0 Å². The van der Waals surface area contributed by atoms with E-state index in [4.69, 9.17) is 0 Å². The van der Waals surface area contributed by atoms with Gasteiger partial charge in [0.2, 0.25) is 0 Å². The average molecular weight is 762 g/mol. The van der Waals surface area contributed by atoms with Gasteiger partial charge in [0, 0.05) is 27.8 Å². The second kappa shape index (κ2) is 12.9. The first-order valence-corrected chi connectivity index (χ1v) is 22.7. The Kier molecular flexibility index (Phi) is 7.49. The number of fused-ring (bicyclic) bond motifs is 9. The lowest BCUT2D eigenvalue weighted by atomic mass is 9.51. The van der Waals surface area contributed by atoms with Gasteiger partial charge in [0.15, 0.2) is 0 Å². The van der Waals surface area contributed by atoms with Gasteiger partial charge >= 0.3 is 0 Å². The van der Waals surface area contributed by atoms with E-state index >= 15 is 0 Å². The third-order valence-electron chi connectivity index (χ3n) is 16.5. The smallest absolute Gasteiger partial charge is 0.0543 e. The van der Waals surface area contributed by atoms with Crippen molar-refractivity contribution in [1.29, 1.82) is 0 Å². The molecule has 7 aliphatic carbocycles. The summed E-state index contributed by atoms with van der Waals surface area (Å²) < 4.78 is 0. The summed E-state index contributed by atoms with van der Waals surface area (Å²) in [5, 5.41) is 0.